The van der Waals surface area contributed by atoms with E-state index in [1.54, 1.807) is 18.3 Å². The van der Waals surface area contributed by atoms with Gasteiger partial charge in [-0.25, -0.2) is 9.98 Å². The Kier molecular flexibility index (Phi) is 6.69. The normalized spacial score (nSPS) is 10.7. The number of aromatic nitrogens is 1. The van der Waals surface area contributed by atoms with Crippen LogP contribution < -0.4 is 10.2 Å². The van der Waals surface area contributed by atoms with Crippen LogP contribution in [0, 0.1) is 0 Å². The van der Waals surface area contributed by atoms with Gasteiger partial charge < -0.3 is 9.47 Å². The zero-order valence-corrected chi connectivity index (χ0v) is 9.80. The highest BCUT2D eigenvalue weighted by Gasteiger charge is 1.95. The molecule has 0 aliphatic heterocycles. The molecule has 0 saturated carbocycles. The van der Waals surface area contributed by atoms with E-state index in [-0.39, 0.29) is 0 Å². The number of hydrogen-bond donors (Lipinski definition) is 2. The van der Waals surface area contributed by atoms with Crippen LogP contribution in [0.5, 0.6) is 5.88 Å². The van der Waals surface area contributed by atoms with Crippen molar-refractivity contribution in [1.29, 1.82) is 0 Å². The van der Waals surface area contributed by atoms with Crippen LogP contribution in [-0.4, -0.2) is 36.4 Å². The molecule has 0 bridgehead atoms. The maximum Gasteiger partial charge on any atom is 0.213 e. The molecule has 0 spiro atoms. The van der Waals surface area contributed by atoms with E-state index in [1.807, 2.05) is 12.4 Å². The van der Waals surface area contributed by atoms with Crippen LogP contribution in [0.3, 0.4) is 0 Å². The van der Waals surface area contributed by atoms with Gasteiger partial charge in [0.2, 0.25) is 5.88 Å². The van der Waals surface area contributed by atoms with Gasteiger partial charge >= 0.3 is 0 Å². The molecule has 0 radical (unpaired) electrons. The van der Waals surface area contributed by atoms with Gasteiger partial charge in [-0.05, 0) is 13.0 Å². The Hall–Kier alpha value is -1.66. The minimum Gasteiger partial charge on any atom is -0.478 e. The van der Waals surface area contributed by atoms with Crippen molar-refractivity contribution in [3.05, 3.63) is 18.3 Å². The van der Waals surface area contributed by atoms with E-state index in [1.165, 1.54) is 6.34 Å². The van der Waals surface area contributed by atoms with Crippen LogP contribution in [0.15, 0.2) is 23.3 Å². The van der Waals surface area contributed by atoms with Gasteiger partial charge in [-0.2, -0.15) is 0 Å². The van der Waals surface area contributed by atoms with Crippen LogP contribution in [0.25, 0.3) is 0 Å². The summed E-state index contributed by atoms with van der Waals surface area (Å²) in [5.74, 6) is 0.553. The predicted molar refractivity (Wildman–Crippen MR) is 63.9 cm³/mol. The maximum absolute atomic E-state index is 8.31. The molecular formula is C11H17N3O3. The standard InChI is InChI=1S/C11H17N3O3/c1-2-16-6-3-7-17-11-5-4-10(8-12-11)13-9-14-15/h4-5,8-9,15H,2-3,6-7H2,1H3,(H,13,14). The molecule has 0 fully saturated rings. The molecule has 0 aliphatic carbocycles. The number of nitrogens with zero attached hydrogens (tertiary/aromatic N) is 2. The minimum atomic E-state index is 0.553. The number of ether oxygens (including phenoxy) is 2. The third kappa shape index (κ3) is 5.84. The number of rotatable bonds is 8. The van der Waals surface area contributed by atoms with E-state index in [0.717, 1.165) is 13.0 Å². The lowest BCUT2D eigenvalue weighted by Crippen LogP contribution is -2.03. The fourth-order valence-electron chi connectivity index (χ4n) is 1.12. The highest BCUT2D eigenvalue weighted by Crippen LogP contribution is 2.13. The van der Waals surface area contributed by atoms with Crippen LogP contribution in [0.4, 0.5) is 5.69 Å². The summed E-state index contributed by atoms with van der Waals surface area (Å²) in [6.07, 6.45) is 3.56. The smallest absolute Gasteiger partial charge is 0.213 e. The zero-order valence-electron chi connectivity index (χ0n) is 9.80. The van der Waals surface area contributed by atoms with Gasteiger partial charge in [0.05, 0.1) is 18.5 Å². The molecule has 17 heavy (non-hydrogen) atoms. The van der Waals surface area contributed by atoms with E-state index >= 15 is 0 Å². The second kappa shape index (κ2) is 8.49. The predicted octanol–water partition coefficient (Wildman–Crippen LogP) is 1.53. The van der Waals surface area contributed by atoms with Gasteiger partial charge in [-0.3, -0.25) is 10.7 Å². The molecule has 2 N–H and O–H groups in total. The first-order chi connectivity index (χ1) is 8.36. The molecule has 0 atom stereocenters. The first-order valence-electron chi connectivity index (χ1n) is 5.45. The molecule has 1 aromatic heterocycles. The highest BCUT2D eigenvalue weighted by atomic mass is 16.5. The molecule has 1 aromatic rings. The lowest BCUT2D eigenvalue weighted by atomic mass is 10.4. The molecule has 0 aliphatic rings. The number of aliphatic imine (C=N–C) groups is 1. The molecule has 0 unspecified atom stereocenters. The second-order valence-electron chi connectivity index (χ2n) is 3.14. The molecule has 6 heteroatoms. The number of hydroxylamine groups is 1. The average molecular weight is 239 g/mol. The molecule has 0 aromatic carbocycles. The lowest BCUT2D eigenvalue weighted by Gasteiger charge is -2.05. The highest BCUT2D eigenvalue weighted by molar-refractivity contribution is 5.59. The third-order valence-electron chi connectivity index (χ3n) is 1.88. The molecule has 6 nitrogen and oxygen atoms in total. The van der Waals surface area contributed by atoms with Crippen molar-refractivity contribution < 1.29 is 14.7 Å². The topological polar surface area (TPSA) is 76.0 Å². The summed E-state index contributed by atoms with van der Waals surface area (Å²) >= 11 is 0. The molecule has 94 valence electrons. The number of nitrogens with one attached hydrogen (secondary N) is 1. The van der Waals surface area contributed by atoms with E-state index in [0.29, 0.717) is 24.8 Å². The van der Waals surface area contributed by atoms with E-state index < -0.39 is 0 Å². The Bertz CT molecular complexity index is 327. The van der Waals surface area contributed by atoms with Crippen molar-refractivity contribution in [1.82, 2.24) is 10.5 Å². The SMILES string of the molecule is CCOCCCOc1ccc(N=CNO)cn1. The van der Waals surface area contributed by atoms with E-state index in [4.69, 9.17) is 14.7 Å². The van der Waals surface area contributed by atoms with Gasteiger partial charge in [0.25, 0.3) is 0 Å². The lowest BCUT2D eigenvalue weighted by molar-refractivity contribution is 0.130. The Morgan fingerprint density at radius 2 is 2.35 bits per heavy atom. The van der Waals surface area contributed by atoms with Crippen LogP contribution >= 0.6 is 0 Å². The average Bonchev–Trinajstić information content (AvgIpc) is 2.37. The largest absolute Gasteiger partial charge is 0.478 e. The van der Waals surface area contributed by atoms with Gasteiger partial charge in [-0.1, -0.05) is 0 Å². The van der Waals surface area contributed by atoms with Crippen molar-refractivity contribution in [2.45, 2.75) is 13.3 Å². The monoisotopic (exact) mass is 239 g/mol. The summed E-state index contributed by atoms with van der Waals surface area (Å²) < 4.78 is 10.6. The van der Waals surface area contributed by atoms with Crippen molar-refractivity contribution >= 4 is 12.0 Å². The maximum atomic E-state index is 8.31. The van der Waals surface area contributed by atoms with Crippen molar-refractivity contribution in [3.63, 3.8) is 0 Å². The molecule has 0 amide bonds. The molecule has 1 heterocycles. The molecule has 1 rings (SSSR count). The second-order valence-corrected chi connectivity index (χ2v) is 3.14. The third-order valence-corrected chi connectivity index (χ3v) is 1.88. The summed E-state index contributed by atoms with van der Waals surface area (Å²) in [5, 5.41) is 8.31. The Morgan fingerprint density at radius 3 is 3.00 bits per heavy atom. The summed E-state index contributed by atoms with van der Waals surface area (Å²) in [7, 11) is 0. The van der Waals surface area contributed by atoms with E-state index in [9.17, 15) is 0 Å². The summed E-state index contributed by atoms with van der Waals surface area (Å²) in [4.78, 5) is 7.93. The summed E-state index contributed by atoms with van der Waals surface area (Å²) in [6, 6.07) is 3.48. The number of pyridine rings is 1. The Labute approximate surface area is 100 Å². The Balaban J connectivity index is 2.28. The first kappa shape index (κ1) is 13.4. The van der Waals surface area contributed by atoms with Crippen molar-refractivity contribution in [3.8, 4) is 5.88 Å². The van der Waals surface area contributed by atoms with Gasteiger partial charge in [0.15, 0.2) is 0 Å². The van der Waals surface area contributed by atoms with Gasteiger partial charge in [0.1, 0.15) is 6.34 Å². The van der Waals surface area contributed by atoms with Crippen molar-refractivity contribution in [2.24, 2.45) is 4.99 Å². The van der Waals surface area contributed by atoms with Gasteiger partial charge in [0, 0.05) is 25.7 Å². The molecular weight excluding hydrogens is 222 g/mol. The quantitative estimate of drug-likeness (QED) is 0.311. The zero-order chi connectivity index (χ0) is 12.3. The van der Waals surface area contributed by atoms with Crippen LogP contribution in [-0.2, 0) is 4.74 Å². The number of hydrogen-bond acceptors (Lipinski definition) is 5. The van der Waals surface area contributed by atoms with E-state index in [2.05, 4.69) is 9.98 Å². The van der Waals surface area contributed by atoms with Gasteiger partial charge in [-0.15, -0.1) is 0 Å². The molecule has 0 saturated heterocycles. The van der Waals surface area contributed by atoms with Crippen LogP contribution in [0.1, 0.15) is 13.3 Å². The minimum absolute atomic E-state index is 0.553. The Morgan fingerprint density at radius 1 is 1.47 bits per heavy atom. The van der Waals surface area contributed by atoms with Crippen molar-refractivity contribution in [2.75, 3.05) is 19.8 Å². The fourth-order valence-corrected chi connectivity index (χ4v) is 1.12. The fraction of sp³-hybridized carbons (Fsp3) is 0.455. The van der Waals surface area contributed by atoms with Crippen LogP contribution in [0.2, 0.25) is 0 Å². The first-order valence-corrected chi connectivity index (χ1v) is 5.45. The summed E-state index contributed by atoms with van der Waals surface area (Å²) in [5.41, 5.74) is 2.45. The summed E-state index contributed by atoms with van der Waals surface area (Å²) in [6.45, 7) is 3.96.